The molecule has 30 heavy (non-hydrogen) atoms. The Bertz CT molecular complexity index is 1250. The van der Waals surface area contributed by atoms with Crippen molar-refractivity contribution < 1.29 is 0 Å². The molecule has 6 heteroatoms. The number of fused-ring (bicyclic) bond motifs is 1. The fourth-order valence-electron chi connectivity index (χ4n) is 4.30. The van der Waals surface area contributed by atoms with E-state index in [4.69, 9.17) is 18.2 Å². The molecule has 0 N–H and O–H groups in total. The topological polar surface area (TPSA) is 48.4 Å². The van der Waals surface area contributed by atoms with Crippen LogP contribution in [0.15, 0.2) is 58.1 Å². The maximum atomic E-state index is 13.2. The zero-order chi connectivity index (χ0) is 21.3. The van der Waals surface area contributed by atoms with E-state index in [1.807, 2.05) is 30.3 Å². The number of benzene rings is 2. The summed E-state index contributed by atoms with van der Waals surface area (Å²) in [6, 6.07) is 14.9. The lowest BCUT2D eigenvalue weighted by molar-refractivity contribution is 0.427. The van der Waals surface area contributed by atoms with E-state index in [2.05, 4.69) is 4.85 Å². The number of hydrogen-bond acceptors (Lipinski definition) is 2. The standard InChI is InChI=1S/C24H22ClN3O2/c1-26-20-5-3-4-17(13-20)12-18-8-11-22-21(14-18)23(29)28(24(30)27(22)2)15-16-6-9-19(25)10-7-16/h3-7,9-10,13,18H,8,11-12,14-15H2,2H3. The maximum absolute atomic E-state index is 13.2. The molecular weight excluding hydrogens is 398 g/mol. The highest BCUT2D eigenvalue weighted by atomic mass is 35.5. The lowest BCUT2D eigenvalue weighted by atomic mass is 9.83. The molecule has 0 spiro atoms. The van der Waals surface area contributed by atoms with Crippen molar-refractivity contribution in [3.8, 4) is 0 Å². The Morgan fingerprint density at radius 1 is 1.13 bits per heavy atom. The van der Waals surface area contributed by atoms with Crippen molar-refractivity contribution in [3.05, 3.63) is 108 Å². The fourth-order valence-corrected chi connectivity index (χ4v) is 4.43. The van der Waals surface area contributed by atoms with Gasteiger partial charge in [0.05, 0.1) is 13.1 Å². The van der Waals surface area contributed by atoms with Crippen molar-refractivity contribution in [2.75, 3.05) is 0 Å². The number of nitrogens with zero attached hydrogens (tertiary/aromatic N) is 3. The van der Waals surface area contributed by atoms with E-state index in [1.165, 1.54) is 4.57 Å². The molecule has 0 aliphatic heterocycles. The first kappa shape index (κ1) is 20.2. The molecule has 2 aromatic carbocycles. The van der Waals surface area contributed by atoms with Gasteiger partial charge in [-0.25, -0.2) is 9.64 Å². The van der Waals surface area contributed by atoms with Crippen LogP contribution in [0.25, 0.3) is 4.85 Å². The predicted molar refractivity (Wildman–Crippen MR) is 118 cm³/mol. The van der Waals surface area contributed by atoms with Gasteiger partial charge in [-0.15, -0.1) is 0 Å². The molecule has 1 aliphatic carbocycles. The third-order valence-electron chi connectivity index (χ3n) is 5.87. The minimum atomic E-state index is -0.281. The van der Waals surface area contributed by atoms with Crippen molar-refractivity contribution >= 4 is 17.3 Å². The lowest BCUT2D eigenvalue weighted by Crippen LogP contribution is -2.44. The van der Waals surface area contributed by atoms with Crippen LogP contribution in [0.3, 0.4) is 0 Å². The maximum Gasteiger partial charge on any atom is 0.331 e. The molecule has 5 nitrogen and oxygen atoms in total. The Labute approximate surface area is 180 Å². The van der Waals surface area contributed by atoms with Crippen LogP contribution >= 0.6 is 11.6 Å². The molecule has 1 heterocycles. The van der Waals surface area contributed by atoms with Gasteiger partial charge >= 0.3 is 5.69 Å². The van der Waals surface area contributed by atoms with Crippen LogP contribution < -0.4 is 11.2 Å². The molecule has 1 aromatic heterocycles. The Morgan fingerprint density at radius 2 is 1.90 bits per heavy atom. The van der Waals surface area contributed by atoms with E-state index in [-0.39, 0.29) is 17.8 Å². The summed E-state index contributed by atoms with van der Waals surface area (Å²) in [6.45, 7) is 7.43. The summed E-state index contributed by atoms with van der Waals surface area (Å²) >= 11 is 5.95. The summed E-state index contributed by atoms with van der Waals surface area (Å²) in [6.07, 6.45) is 3.10. The quantitative estimate of drug-likeness (QED) is 0.596. The van der Waals surface area contributed by atoms with Crippen LogP contribution in [-0.4, -0.2) is 9.13 Å². The van der Waals surface area contributed by atoms with Crippen LogP contribution in [0.4, 0.5) is 5.69 Å². The molecule has 1 aliphatic rings. The molecule has 0 bridgehead atoms. The average Bonchev–Trinajstić information content (AvgIpc) is 2.76. The Kier molecular flexibility index (Phi) is 5.61. The first-order chi connectivity index (χ1) is 14.5. The molecule has 4 rings (SSSR count). The summed E-state index contributed by atoms with van der Waals surface area (Å²) < 4.78 is 2.95. The van der Waals surface area contributed by atoms with Gasteiger partial charge < -0.3 is 4.57 Å². The molecule has 0 fully saturated rings. The monoisotopic (exact) mass is 419 g/mol. The molecule has 0 saturated carbocycles. The lowest BCUT2D eigenvalue weighted by Gasteiger charge is -2.26. The summed E-state index contributed by atoms with van der Waals surface area (Å²) in [4.78, 5) is 29.6. The van der Waals surface area contributed by atoms with E-state index >= 15 is 0 Å². The van der Waals surface area contributed by atoms with E-state index in [1.54, 1.807) is 29.8 Å². The van der Waals surface area contributed by atoms with Crippen molar-refractivity contribution in [2.24, 2.45) is 13.0 Å². The van der Waals surface area contributed by atoms with E-state index < -0.39 is 0 Å². The Morgan fingerprint density at radius 3 is 2.63 bits per heavy atom. The largest absolute Gasteiger partial charge is 0.331 e. The van der Waals surface area contributed by atoms with Crippen LogP contribution in [0.1, 0.15) is 28.8 Å². The summed E-state index contributed by atoms with van der Waals surface area (Å²) in [5, 5.41) is 0.620. The number of rotatable bonds is 4. The second kappa shape index (κ2) is 8.33. The first-order valence-electron chi connectivity index (χ1n) is 9.98. The molecule has 3 aromatic rings. The highest BCUT2D eigenvalue weighted by Gasteiger charge is 2.25. The van der Waals surface area contributed by atoms with Gasteiger partial charge in [-0.05, 0) is 49.3 Å². The predicted octanol–water partition coefficient (Wildman–Crippen LogP) is 4.15. The van der Waals surface area contributed by atoms with E-state index in [0.717, 1.165) is 35.2 Å². The third kappa shape index (κ3) is 3.96. The second-order valence-corrected chi connectivity index (χ2v) is 8.32. The normalized spacial score (nSPS) is 15.4. The molecule has 1 atom stereocenters. The van der Waals surface area contributed by atoms with Gasteiger partial charge in [0.25, 0.3) is 5.56 Å². The second-order valence-electron chi connectivity index (χ2n) is 7.88. The van der Waals surface area contributed by atoms with Crippen LogP contribution in [-0.2, 0) is 32.9 Å². The fraction of sp³-hybridized carbons (Fsp3) is 0.292. The molecule has 0 radical (unpaired) electrons. The van der Waals surface area contributed by atoms with Crippen molar-refractivity contribution in [3.63, 3.8) is 0 Å². The number of halogens is 1. The van der Waals surface area contributed by atoms with Gasteiger partial charge in [0.15, 0.2) is 5.69 Å². The molecule has 1 unspecified atom stereocenters. The van der Waals surface area contributed by atoms with Crippen molar-refractivity contribution in [1.82, 2.24) is 9.13 Å². The van der Waals surface area contributed by atoms with E-state index in [0.29, 0.717) is 29.5 Å². The van der Waals surface area contributed by atoms with Crippen molar-refractivity contribution in [2.45, 2.75) is 32.2 Å². The van der Waals surface area contributed by atoms with Gasteiger partial charge in [0.2, 0.25) is 0 Å². The van der Waals surface area contributed by atoms with Gasteiger partial charge in [-0.3, -0.25) is 9.36 Å². The summed E-state index contributed by atoms with van der Waals surface area (Å²) in [7, 11) is 1.75. The Hall–Kier alpha value is -3.10. The molecule has 152 valence electrons. The van der Waals surface area contributed by atoms with Crippen LogP contribution in [0.2, 0.25) is 5.02 Å². The molecule has 0 saturated heterocycles. The minimum absolute atomic E-state index is 0.192. The number of aromatic nitrogens is 2. The van der Waals surface area contributed by atoms with Gasteiger partial charge in [0.1, 0.15) is 0 Å². The molecule has 0 amide bonds. The van der Waals surface area contributed by atoms with Crippen molar-refractivity contribution in [1.29, 1.82) is 0 Å². The third-order valence-corrected chi connectivity index (χ3v) is 6.13. The minimum Gasteiger partial charge on any atom is -0.300 e. The zero-order valence-electron chi connectivity index (χ0n) is 16.8. The Balaban J connectivity index is 1.65. The van der Waals surface area contributed by atoms with Crippen LogP contribution in [0, 0.1) is 12.5 Å². The van der Waals surface area contributed by atoms with Crippen LogP contribution in [0.5, 0.6) is 0 Å². The van der Waals surface area contributed by atoms with Gasteiger partial charge in [-0.2, -0.15) is 0 Å². The van der Waals surface area contributed by atoms with Gasteiger partial charge in [-0.1, -0.05) is 53.6 Å². The zero-order valence-corrected chi connectivity index (χ0v) is 17.5. The smallest absolute Gasteiger partial charge is 0.300 e. The number of hydrogen-bond donors (Lipinski definition) is 0. The highest BCUT2D eigenvalue weighted by molar-refractivity contribution is 6.30. The highest BCUT2D eigenvalue weighted by Crippen LogP contribution is 2.26. The summed E-state index contributed by atoms with van der Waals surface area (Å²) in [5.74, 6) is 0.313. The summed E-state index contributed by atoms with van der Waals surface area (Å²) in [5.41, 5.74) is 3.73. The SMILES string of the molecule is [C-]#[N+]c1cccc(CC2CCc3c(c(=O)n(Cc4ccc(Cl)cc4)c(=O)n3C)C2)c1. The first-order valence-corrected chi connectivity index (χ1v) is 10.4. The molecular formula is C24H22ClN3O2. The van der Waals surface area contributed by atoms with Gasteiger partial charge in [0, 0.05) is 23.3 Å². The van der Waals surface area contributed by atoms with E-state index in [9.17, 15) is 9.59 Å². The average molecular weight is 420 g/mol.